The number of rotatable bonds is 1. The van der Waals surface area contributed by atoms with Crippen molar-refractivity contribution in [2.24, 2.45) is 0 Å². The summed E-state index contributed by atoms with van der Waals surface area (Å²) in [5.41, 5.74) is -0.754. The molecule has 0 aliphatic carbocycles. The number of amides is 2. The number of para-hydroxylation sites is 1. The Labute approximate surface area is 151 Å². The quantitative estimate of drug-likeness (QED) is 0.732. The van der Waals surface area contributed by atoms with Gasteiger partial charge in [-0.1, -0.05) is 18.2 Å². The normalized spacial score (nSPS) is 15.2. The van der Waals surface area contributed by atoms with Gasteiger partial charge in [0.2, 0.25) is 0 Å². The third-order valence-electron chi connectivity index (χ3n) is 4.09. The van der Waals surface area contributed by atoms with Gasteiger partial charge >= 0.3 is 11.7 Å². The van der Waals surface area contributed by atoms with Gasteiger partial charge < -0.3 is 19.0 Å². The maximum atomic E-state index is 12.7. The lowest BCUT2D eigenvalue weighted by Gasteiger charge is -2.35. The predicted octanol–water partition coefficient (Wildman–Crippen LogP) is 2.49. The summed E-state index contributed by atoms with van der Waals surface area (Å²) in [4.78, 5) is 40.1. The number of piperazine rings is 1. The molecule has 7 heteroatoms. The lowest BCUT2D eigenvalue weighted by atomic mass is 10.1. The maximum absolute atomic E-state index is 12.7. The van der Waals surface area contributed by atoms with Crippen molar-refractivity contribution < 1.29 is 18.7 Å². The van der Waals surface area contributed by atoms with Gasteiger partial charge in [-0.05, 0) is 32.9 Å². The monoisotopic (exact) mass is 358 g/mol. The summed E-state index contributed by atoms with van der Waals surface area (Å²) in [6, 6.07) is 8.61. The van der Waals surface area contributed by atoms with E-state index in [0.29, 0.717) is 37.1 Å². The zero-order valence-electron chi connectivity index (χ0n) is 15.2. The number of nitrogens with zero attached hydrogens (tertiary/aromatic N) is 2. The molecule has 26 heavy (non-hydrogen) atoms. The van der Waals surface area contributed by atoms with Gasteiger partial charge in [-0.3, -0.25) is 4.79 Å². The van der Waals surface area contributed by atoms with E-state index in [4.69, 9.17) is 9.15 Å². The van der Waals surface area contributed by atoms with Crippen LogP contribution in [0.2, 0.25) is 0 Å². The van der Waals surface area contributed by atoms with Crippen molar-refractivity contribution in [1.82, 2.24) is 9.80 Å². The Hall–Kier alpha value is -2.83. The zero-order valence-corrected chi connectivity index (χ0v) is 15.2. The Bertz CT molecular complexity index is 889. The smallest absolute Gasteiger partial charge is 0.410 e. The molecule has 1 fully saturated rings. The van der Waals surface area contributed by atoms with Crippen LogP contribution in [0.15, 0.2) is 39.5 Å². The van der Waals surface area contributed by atoms with Crippen molar-refractivity contribution in [3.8, 4) is 0 Å². The third-order valence-corrected chi connectivity index (χ3v) is 4.09. The largest absolute Gasteiger partial charge is 0.444 e. The molecule has 0 saturated carbocycles. The Balaban J connectivity index is 1.70. The molecule has 138 valence electrons. The summed E-state index contributed by atoms with van der Waals surface area (Å²) in [5.74, 6) is -0.381. The van der Waals surface area contributed by atoms with E-state index >= 15 is 0 Å². The number of hydrogen-bond acceptors (Lipinski definition) is 5. The van der Waals surface area contributed by atoms with E-state index in [1.807, 2.05) is 26.8 Å². The molecule has 2 aromatic rings. The van der Waals surface area contributed by atoms with E-state index in [9.17, 15) is 14.4 Å². The van der Waals surface area contributed by atoms with Crippen LogP contribution in [0.4, 0.5) is 4.79 Å². The van der Waals surface area contributed by atoms with E-state index < -0.39 is 17.3 Å². The average molecular weight is 358 g/mol. The van der Waals surface area contributed by atoms with E-state index in [1.165, 1.54) is 0 Å². The first kappa shape index (κ1) is 18.0. The molecule has 0 spiro atoms. The van der Waals surface area contributed by atoms with Crippen molar-refractivity contribution in [3.05, 3.63) is 46.3 Å². The van der Waals surface area contributed by atoms with Crippen LogP contribution in [0, 0.1) is 0 Å². The maximum Gasteiger partial charge on any atom is 0.410 e. The van der Waals surface area contributed by atoms with Crippen LogP contribution in [-0.2, 0) is 4.74 Å². The second-order valence-electron chi connectivity index (χ2n) is 7.24. The molecule has 1 aliphatic heterocycles. The predicted molar refractivity (Wildman–Crippen MR) is 96.2 cm³/mol. The second kappa shape index (κ2) is 6.82. The molecule has 2 amide bonds. The molecular weight excluding hydrogens is 336 g/mol. The molecule has 0 N–H and O–H groups in total. The molecular formula is C19H22N2O5. The van der Waals surface area contributed by atoms with E-state index in [1.54, 1.807) is 34.1 Å². The third kappa shape index (κ3) is 3.87. The molecule has 0 bridgehead atoms. The highest BCUT2D eigenvalue weighted by molar-refractivity contribution is 5.96. The van der Waals surface area contributed by atoms with Crippen LogP contribution in [0.5, 0.6) is 0 Å². The standard InChI is InChI=1S/C19H22N2O5/c1-19(2,3)26-18(24)21-10-8-20(9-11-21)16(22)14-12-13-6-4-5-7-15(13)25-17(14)23/h4-7,12H,8-11H2,1-3H3. The summed E-state index contributed by atoms with van der Waals surface area (Å²) in [6.07, 6.45) is -0.394. The Kier molecular flexibility index (Phi) is 4.71. The number of ether oxygens (including phenoxy) is 1. The minimum Gasteiger partial charge on any atom is -0.444 e. The highest BCUT2D eigenvalue weighted by Gasteiger charge is 2.29. The van der Waals surface area contributed by atoms with Gasteiger partial charge in [0, 0.05) is 31.6 Å². The van der Waals surface area contributed by atoms with Crippen LogP contribution in [0.1, 0.15) is 31.1 Å². The first-order valence-corrected chi connectivity index (χ1v) is 8.55. The summed E-state index contributed by atoms with van der Waals surface area (Å²) in [7, 11) is 0. The highest BCUT2D eigenvalue weighted by atomic mass is 16.6. The van der Waals surface area contributed by atoms with E-state index in [-0.39, 0.29) is 11.5 Å². The number of carbonyl (C=O) groups excluding carboxylic acids is 2. The number of benzene rings is 1. The first-order chi connectivity index (χ1) is 12.2. The minimum atomic E-state index is -0.650. The first-order valence-electron chi connectivity index (χ1n) is 8.55. The molecule has 1 aromatic heterocycles. The van der Waals surface area contributed by atoms with Crippen molar-refractivity contribution in [3.63, 3.8) is 0 Å². The summed E-state index contributed by atoms with van der Waals surface area (Å²) >= 11 is 0. The highest BCUT2D eigenvalue weighted by Crippen LogP contribution is 2.16. The van der Waals surface area contributed by atoms with Crippen LogP contribution >= 0.6 is 0 Å². The lowest BCUT2D eigenvalue weighted by Crippen LogP contribution is -2.52. The molecule has 0 radical (unpaired) electrons. The molecule has 7 nitrogen and oxygen atoms in total. The Morgan fingerprint density at radius 2 is 1.65 bits per heavy atom. The van der Waals surface area contributed by atoms with Crippen molar-refractivity contribution >= 4 is 23.0 Å². The van der Waals surface area contributed by atoms with Gasteiger partial charge in [-0.25, -0.2) is 9.59 Å². The minimum absolute atomic E-state index is 0.00872. The van der Waals surface area contributed by atoms with Gasteiger partial charge in [0.15, 0.2) is 0 Å². The van der Waals surface area contributed by atoms with Crippen LogP contribution in [0.25, 0.3) is 11.0 Å². The fourth-order valence-electron chi connectivity index (χ4n) is 2.80. The van der Waals surface area contributed by atoms with Crippen LogP contribution in [-0.4, -0.2) is 53.6 Å². The summed E-state index contributed by atoms with van der Waals surface area (Å²) < 4.78 is 10.6. The number of fused-ring (bicyclic) bond motifs is 1. The molecule has 1 aliphatic rings. The molecule has 3 rings (SSSR count). The average Bonchev–Trinajstić information content (AvgIpc) is 2.59. The zero-order chi connectivity index (χ0) is 18.9. The Morgan fingerprint density at radius 3 is 2.31 bits per heavy atom. The van der Waals surface area contributed by atoms with E-state index in [2.05, 4.69) is 0 Å². The molecule has 0 atom stereocenters. The van der Waals surface area contributed by atoms with Crippen molar-refractivity contribution in [2.75, 3.05) is 26.2 Å². The van der Waals surface area contributed by atoms with E-state index in [0.717, 1.165) is 0 Å². The van der Waals surface area contributed by atoms with Crippen LogP contribution in [0.3, 0.4) is 0 Å². The van der Waals surface area contributed by atoms with Crippen molar-refractivity contribution in [2.45, 2.75) is 26.4 Å². The van der Waals surface area contributed by atoms with Gasteiger partial charge in [0.05, 0.1) is 0 Å². The molecule has 1 saturated heterocycles. The number of hydrogen-bond donors (Lipinski definition) is 0. The number of carbonyl (C=O) groups is 2. The molecule has 2 heterocycles. The van der Waals surface area contributed by atoms with Gasteiger partial charge in [0.25, 0.3) is 5.91 Å². The van der Waals surface area contributed by atoms with Gasteiger partial charge in [-0.15, -0.1) is 0 Å². The SMILES string of the molecule is CC(C)(C)OC(=O)N1CCN(C(=O)c2cc3ccccc3oc2=O)CC1. The summed E-state index contributed by atoms with van der Waals surface area (Å²) in [6.45, 7) is 6.82. The van der Waals surface area contributed by atoms with Gasteiger partial charge in [0.1, 0.15) is 16.7 Å². The Morgan fingerprint density at radius 1 is 1.04 bits per heavy atom. The van der Waals surface area contributed by atoms with Crippen molar-refractivity contribution in [1.29, 1.82) is 0 Å². The molecule has 0 unspecified atom stereocenters. The lowest BCUT2D eigenvalue weighted by molar-refractivity contribution is 0.0140. The molecule has 1 aromatic carbocycles. The fourth-order valence-corrected chi connectivity index (χ4v) is 2.80. The topological polar surface area (TPSA) is 80.1 Å². The summed E-state index contributed by atoms with van der Waals surface area (Å²) in [5, 5.41) is 0.697. The fraction of sp³-hybridized carbons (Fsp3) is 0.421. The second-order valence-corrected chi connectivity index (χ2v) is 7.24. The van der Waals surface area contributed by atoms with Gasteiger partial charge in [-0.2, -0.15) is 0 Å². The van der Waals surface area contributed by atoms with Crippen LogP contribution < -0.4 is 5.63 Å².